The van der Waals surface area contributed by atoms with Crippen LogP contribution in [0.5, 0.6) is 11.5 Å². The molecule has 102 valence electrons. The third-order valence-electron chi connectivity index (χ3n) is 3.26. The van der Waals surface area contributed by atoms with E-state index in [1.807, 2.05) is 48.6 Å². The van der Waals surface area contributed by atoms with Gasteiger partial charge in [-0.15, -0.1) is 0 Å². The molecule has 2 N–H and O–H groups in total. The number of fused-ring (bicyclic) bond motifs is 1. The van der Waals surface area contributed by atoms with Gasteiger partial charge in [0.2, 0.25) is 0 Å². The van der Waals surface area contributed by atoms with Gasteiger partial charge in [-0.3, -0.25) is 0 Å². The van der Waals surface area contributed by atoms with Crippen LogP contribution in [0.2, 0.25) is 0 Å². The molecule has 20 heavy (non-hydrogen) atoms. The highest BCUT2D eigenvalue weighted by molar-refractivity contribution is 5.49. The summed E-state index contributed by atoms with van der Waals surface area (Å²) in [6.07, 6.45) is 4.04. The van der Waals surface area contributed by atoms with Gasteiger partial charge in [-0.2, -0.15) is 0 Å². The second kappa shape index (κ2) is 5.80. The molecule has 3 rings (SSSR count). The molecule has 1 atom stereocenters. The van der Waals surface area contributed by atoms with Crippen LogP contribution in [0.15, 0.2) is 54.6 Å². The number of rotatable bonds is 4. The summed E-state index contributed by atoms with van der Waals surface area (Å²) in [5, 5.41) is 0. The van der Waals surface area contributed by atoms with E-state index in [1.165, 1.54) is 5.56 Å². The van der Waals surface area contributed by atoms with Crippen LogP contribution in [0.4, 0.5) is 0 Å². The van der Waals surface area contributed by atoms with Crippen molar-refractivity contribution in [3.8, 4) is 11.5 Å². The van der Waals surface area contributed by atoms with Crippen molar-refractivity contribution < 1.29 is 9.47 Å². The van der Waals surface area contributed by atoms with E-state index in [0.717, 1.165) is 17.1 Å². The maximum absolute atomic E-state index is 5.91. The highest BCUT2D eigenvalue weighted by Crippen LogP contribution is 2.33. The van der Waals surface area contributed by atoms with Crippen molar-refractivity contribution in [1.29, 1.82) is 0 Å². The highest BCUT2D eigenvalue weighted by Gasteiger charge is 2.20. The maximum Gasteiger partial charge on any atom is 0.127 e. The fourth-order valence-electron chi connectivity index (χ4n) is 2.20. The van der Waals surface area contributed by atoms with Crippen molar-refractivity contribution in [1.82, 2.24) is 0 Å². The smallest absolute Gasteiger partial charge is 0.127 e. The van der Waals surface area contributed by atoms with E-state index in [0.29, 0.717) is 13.2 Å². The Morgan fingerprint density at radius 3 is 2.90 bits per heavy atom. The summed E-state index contributed by atoms with van der Waals surface area (Å²) in [6, 6.07) is 15.9. The summed E-state index contributed by atoms with van der Waals surface area (Å²) < 4.78 is 11.2. The van der Waals surface area contributed by atoms with Gasteiger partial charge in [0.1, 0.15) is 24.7 Å². The van der Waals surface area contributed by atoms with E-state index in [4.69, 9.17) is 15.2 Å². The first-order valence-corrected chi connectivity index (χ1v) is 6.69. The Bertz CT molecular complexity index is 608. The zero-order chi connectivity index (χ0) is 13.8. The van der Waals surface area contributed by atoms with Gasteiger partial charge in [0.05, 0.1) is 6.04 Å². The Kier molecular flexibility index (Phi) is 3.70. The topological polar surface area (TPSA) is 44.5 Å². The van der Waals surface area contributed by atoms with Crippen LogP contribution in [0.25, 0.3) is 6.08 Å². The van der Waals surface area contributed by atoms with Crippen molar-refractivity contribution in [2.24, 2.45) is 5.73 Å². The number of ether oxygens (including phenoxy) is 2. The van der Waals surface area contributed by atoms with Gasteiger partial charge in [-0.25, -0.2) is 0 Å². The molecule has 3 heteroatoms. The first-order valence-electron chi connectivity index (χ1n) is 6.69. The summed E-state index contributed by atoms with van der Waals surface area (Å²) in [5.41, 5.74) is 8.12. The molecule has 0 aromatic heterocycles. The van der Waals surface area contributed by atoms with E-state index in [-0.39, 0.29) is 6.04 Å². The van der Waals surface area contributed by atoms with Gasteiger partial charge in [-0.1, -0.05) is 36.4 Å². The third-order valence-corrected chi connectivity index (χ3v) is 3.26. The standard InChI is InChI=1S/C17H17NO2/c18-16-12-20-17-11-14(8-9-15(16)17)19-10-4-7-13-5-2-1-3-6-13/h1-9,11,16H,10,12,18H2. The number of hydrogen-bond acceptors (Lipinski definition) is 3. The average Bonchev–Trinajstić information content (AvgIpc) is 2.86. The Balaban J connectivity index is 1.58. The molecule has 0 spiro atoms. The molecule has 3 nitrogen and oxygen atoms in total. The first kappa shape index (κ1) is 12.8. The number of nitrogens with two attached hydrogens (primary N) is 1. The van der Waals surface area contributed by atoms with Crippen LogP contribution >= 0.6 is 0 Å². The predicted octanol–water partition coefficient (Wildman–Crippen LogP) is 3.17. The molecule has 0 radical (unpaired) electrons. The van der Waals surface area contributed by atoms with Gasteiger partial charge in [0.15, 0.2) is 0 Å². The largest absolute Gasteiger partial charge is 0.491 e. The zero-order valence-electron chi connectivity index (χ0n) is 11.2. The Morgan fingerprint density at radius 2 is 2.05 bits per heavy atom. The molecular formula is C17H17NO2. The number of hydrogen-bond donors (Lipinski definition) is 1. The van der Waals surface area contributed by atoms with Crippen LogP contribution in [0.3, 0.4) is 0 Å². The van der Waals surface area contributed by atoms with E-state index in [1.54, 1.807) is 0 Å². The molecule has 0 bridgehead atoms. The summed E-state index contributed by atoms with van der Waals surface area (Å²) in [5.74, 6) is 1.64. The lowest BCUT2D eigenvalue weighted by Gasteiger charge is -2.06. The van der Waals surface area contributed by atoms with Gasteiger partial charge in [0.25, 0.3) is 0 Å². The van der Waals surface area contributed by atoms with Crippen LogP contribution in [0.1, 0.15) is 17.2 Å². The van der Waals surface area contributed by atoms with E-state index >= 15 is 0 Å². The lowest BCUT2D eigenvalue weighted by atomic mass is 10.1. The minimum atomic E-state index is -0.0166. The molecule has 0 aliphatic carbocycles. The molecule has 0 saturated heterocycles. The molecule has 1 heterocycles. The van der Waals surface area contributed by atoms with E-state index < -0.39 is 0 Å². The van der Waals surface area contributed by atoms with Crippen molar-refractivity contribution in [3.63, 3.8) is 0 Å². The first-order chi connectivity index (χ1) is 9.83. The quantitative estimate of drug-likeness (QED) is 0.925. The average molecular weight is 267 g/mol. The molecule has 0 fully saturated rings. The lowest BCUT2D eigenvalue weighted by Crippen LogP contribution is -2.10. The monoisotopic (exact) mass is 267 g/mol. The molecule has 2 aromatic carbocycles. The normalized spacial score (nSPS) is 16.9. The minimum absolute atomic E-state index is 0.0166. The van der Waals surface area contributed by atoms with Crippen molar-refractivity contribution in [2.75, 3.05) is 13.2 Å². The van der Waals surface area contributed by atoms with Gasteiger partial charge in [0, 0.05) is 11.6 Å². The Hall–Kier alpha value is -2.26. The van der Waals surface area contributed by atoms with Crippen molar-refractivity contribution in [3.05, 3.63) is 65.7 Å². The van der Waals surface area contributed by atoms with Gasteiger partial charge < -0.3 is 15.2 Å². The maximum atomic E-state index is 5.91. The summed E-state index contributed by atoms with van der Waals surface area (Å²) >= 11 is 0. The van der Waals surface area contributed by atoms with Gasteiger partial charge in [-0.05, 0) is 23.8 Å². The lowest BCUT2D eigenvalue weighted by molar-refractivity contribution is 0.328. The summed E-state index contributed by atoms with van der Waals surface area (Å²) in [6.45, 7) is 1.08. The molecule has 1 unspecified atom stereocenters. The van der Waals surface area contributed by atoms with Crippen LogP contribution in [-0.4, -0.2) is 13.2 Å². The summed E-state index contributed by atoms with van der Waals surface area (Å²) in [7, 11) is 0. The van der Waals surface area contributed by atoms with Crippen LogP contribution < -0.4 is 15.2 Å². The van der Waals surface area contributed by atoms with E-state index in [2.05, 4.69) is 12.1 Å². The Labute approximate surface area is 118 Å². The third kappa shape index (κ3) is 2.83. The van der Waals surface area contributed by atoms with E-state index in [9.17, 15) is 0 Å². The molecule has 0 amide bonds. The fourth-order valence-corrected chi connectivity index (χ4v) is 2.20. The van der Waals surface area contributed by atoms with Crippen LogP contribution in [-0.2, 0) is 0 Å². The fraction of sp³-hybridized carbons (Fsp3) is 0.176. The molecule has 1 aliphatic heterocycles. The predicted molar refractivity (Wildman–Crippen MR) is 79.8 cm³/mol. The molecule has 0 saturated carbocycles. The van der Waals surface area contributed by atoms with Crippen molar-refractivity contribution in [2.45, 2.75) is 6.04 Å². The van der Waals surface area contributed by atoms with Gasteiger partial charge >= 0.3 is 0 Å². The highest BCUT2D eigenvalue weighted by atomic mass is 16.5. The summed E-state index contributed by atoms with van der Waals surface area (Å²) in [4.78, 5) is 0. The Morgan fingerprint density at radius 1 is 1.20 bits per heavy atom. The number of benzene rings is 2. The minimum Gasteiger partial charge on any atom is -0.491 e. The zero-order valence-corrected chi connectivity index (χ0v) is 11.2. The van der Waals surface area contributed by atoms with Crippen LogP contribution in [0, 0.1) is 0 Å². The van der Waals surface area contributed by atoms with Crippen molar-refractivity contribution >= 4 is 6.08 Å². The second-order valence-electron chi connectivity index (χ2n) is 4.74. The molecular weight excluding hydrogens is 250 g/mol. The molecule has 1 aliphatic rings. The SMILES string of the molecule is NC1COc2cc(OCC=Cc3ccccc3)ccc21. The second-order valence-corrected chi connectivity index (χ2v) is 4.74. The molecule has 2 aromatic rings.